The van der Waals surface area contributed by atoms with Crippen molar-refractivity contribution in [3.63, 3.8) is 0 Å². The third-order valence-corrected chi connectivity index (χ3v) is 4.92. The average Bonchev–Trinajstić information content (AvgIpc) is 3.11. The summed E-state index contributed by atoms with van der Waals surface area (Å²) in [6.07, 6.45) is 6.29. The van der Waals surface area contributed by atoms with E-state index in [4.69, 9.17) is 9.31 Å². The first kappa shape index (κ1) is 13.3. The van der Waals surface area contributed by atoms with Gasteiger partial charge in [-0.2, -0.15) is 0 Å². The zero-order valence-corrected chi connectivity index (χ0v) is 13.0. The van der Waals surface area contributed by atoms with E-state index in [9.17, 15) is 0 Å². The maximum Gasteiger partial charge on any atom is 0.514 e. The first-order chi connectivity index (χ1) is 9.87. The maximum atomic E-state index is 6.05. The van der Waals surface area contributed by atoms with Crippen LogP contribution >= 0.6 is 0 Å². The molecule has 0 atom stereocenters. The van der Waals surface area contributed by atoms with Crippen LogP contribution in [0.2, 0.25) is 0 Å². The summed E-state index contributed by atoms with van der Waals surface area (Å²) in [6.45, 7) is 8.20. The molecule has 0 aromatic carbocycles. The van der Waals surface area contributed by atoms with Crippen molar-refractivity contribution in [1.29, 1.82) is 0 Å². The van der Waals surface area contributed by atoms with Crippen molar-refractivity contribution in [3.8, 4) is 0 Å². The highest BCUT2D eigenvalue weighted by Crippen LogP contribution is 2.38. The van der Waals surface area contributed by atoms with Crippen LogP contribution in [0.15, 0.2) is 18.6 Å². The zero-order chi connectivity index (χ0) is 14.8. The summed E-state index contributed by atoms with van der Waals surface area (Å²) in [5, 5.41) is 0. The third-order valence-electron chi connectivity index (χ3n) is 4.92. The fourth-order valence-electron chi connectivity index (χ4n) is 2.68. The van der Waals surface area contributed by atoms with Gasteiger partial charge in [0.05, 0.1) is 40.4 Å². The number of imidazole rings is 1. The van der Waals surface area contributed by atoms with E-state index in [0.717, 1.165) is 16.6 Å². The van der Waals surface area contributed by atoms with Crippen molar-refractivity contribution >= 4 is 23.7 Å². The minimum atomic E-state index is -0.425. The first-order valence-corrected chi connectivity index (χ1v) is 7.55. The molecule has 2 aromatic heterocycles. The van der Waals surface area contributed by atoms with E-state index in [0.29, 0.717) is 6.04 Å². The van der Waals surface area contributed by atoms with Crippen LogP contribution in [0, 0.1) is 0 Å². The summed E-state index contributed by atoms with van der Waals surface area (Å²) in [7, 11) is -0.425. The molecule has 110 valence electrons. The van der Waals surface area contributed by atoms with Crippen LogP contribution < -0.4 is 5.59 Å². The van der Waals surface area contributed by atoms with E-state index in [1.54, 1.807) is 0 Å². The van der Waals surface area contributed by atoms with Crippen LogP contribution in [0.1, 0.15) is 46.6 Å². The number of rotatable bonds is 2. The number of fused-ring (bicyclic) bond motifs is 1. The van der Waals surface area contributed by atoms with Gasteiger partial charge >= 0.3 is 7.12 Å². The molecule has 1 aliphatic heterocycles. The van der Waals surface area contributed by atoms with E-state index in [2.05, 4.69) is 14.5 Å². The molecule has 6 heteroatoms. The fraction of sp³-hybridized carbons (Fsp3) is 0.600. The largest absolute Gasteiger partial charge is 0.514 e. The van der Waals surface area contributed by atoms with Gasteiger partial charge in [-0.25, -0.2) is 4.98 Å². The van der Waals surface area contributed by atoms with E-state index < -0.39 is 7.12 Å². The van der Waals surface area contributed by atoms with Crippen molar-refractivity contribution in [2.45, 2.75) is 57.8 Å². The predicted octanol–water partition coefficient (Wildman–Crippen LogP) is 2.07. The van der Waals surface area contributed by atoms with E-state index >= 15 is 0 Å². The van der Waals surface area contributed by atoms with Gasteiger partial charge in [0.25, 0.3) is 0 Å². The normalized spacial score (nSPS) is 23.9. The van der Waals surface area contributed by atoms with Gasteiger partial charge in [0.1, 0.15) is 0 Å². The minimum Gasteiger partial charge on any atom is -0.398 e. The lowest BCUT2D eigenvalue weighted by Crippen LogP contribution is -2.41. The van der Waals surface area contributed by atoms with Crippen LogP contribution in [0.5, 0.6) is 0 Å². The van der Waals surface area contributed by atoms with Crippen LogP contribution in [0.3, 0.4) is 0 Å². The summed E-state index contributed by atoms with van der Waals surface area (Å²) in [5.74, 6) is 0. The smallest absolute Gasteiger partial charge is 0.398 e. The van der Waals surface area contributed by atoms with Crippen LogP contribution in [0.4, 0.5) is 0 Å². The Morgan fingerprint density at radius 3 is 2.43 bits per heavy atom. The Bertz CT molecular complexity index is 690. The highest BCUT2D eigenvalue weighted by atomic mass is 16.7. The second-order valence-electron chi connectivity index (χ2n) is 7.07. The molecular weight excluding hydrogens is 265 g/mol. The summed E-state index contributed by atoms with van der Waals surface area (Å²) >= 11 is 0. The Labute approximate surface area is 124 Å². The van der Waals surface area contributed by atoms with Crippen molar-refractivity contribution in [2.24, 2.45) is 0 Å². The Balaban J connectivity index is 1.69. The molecule has 2 fully saturated rings. The molecule has 2 aromatic rings. The molecule has 1 aliphatic carbocycles. The highest BCUT2D eigenvalue weighted by Gasteiger charge is 2.52. The Morgan fingerprint density at radius 2 is 1.81 bits per heavy atom. The Kier molecular flexibility index (Phi) is 2.58. The molecule has 5 nitrogen and oxygen atoms in total. The molecule has 2 aliphatic rings. The van der Waals surface area contributed by atoms with Gasteiger partial charge in [-0.3, -0.25) is 4.98 Å². The van der Waals surface area contributed by atoms with E-state index in [1.165, 1.54) is 12.8 Å². The second-order valence-corrected chi connectivity index (χ2v) is 7.07. The van der Waals surface area contributed by atoms with Crippen LogP contribution in [-0.2, 0) is 9.31 Å². The SMILES string of the molecule is CC1(C)OB(c2cc3ncn(C4CC4)c3cn2)OC1(C)C. The summed E-state index contributed by atoms with van der Waals surface area (Å²) in [6, 6.07) is 2.59. The van der Waals surface area contributed by atoms with Crippen LogP contribution in [0.25, 0.3) is 11.0 Å². The maximum absolute atomic E-state index is 6.05. The van der Waals surface area contributed by atoms with Gasteiger partial charge in [-0.1, -0.05) is 0 Å². The topological polar surface area (TPSA) is 49.2 Å². The lowest BCUT2D eigenvalue weighted by atomic mass is 9.84. The number of nitrogens with zero attached hydrogens (tertiary/aromatic N) is 3. The highest BCUT2D eigenvalue weighted by molar-refractivity contribution is 6.61. The Hall–Kier alpha value is -1.40. The minimum absolute atomic E-state index is 0.346. The van der Waals surface area contributed by atoms with Gasteiger partial charge in [0.2, 0.25) is 0 Å². The standard InChI is InChI=1S/C15H20BN3O2/c1-14(2)15(3,4)21-16(20-14)13-7-11-12(8-17-13)19(9-18-11)10-5-6-10/h7-10H,5-6H2,1-4H3. The lowest BCUT2D eigenvalue weighted by Gasteiger charge is -2.32. The monoisotopic (exact) mass is 285 g/mol. The molecule has 21 heavy (non-hydrogen) atoms. The summed E-state index contributed by atoms with van der Waals surface area (Å²) < 4.78 is 14.3. The summed E-state index contributed by atoms with van der Waals surface area (Å²) in [4.78, 5) is 9.05. The second kappa shape index (κ2) is 4.08. The van der Waals surface area contributed by atoms with Crippen molar-refractivity contribution < 1.29 is 9.31 Å². The molecule has 0 amide bonds. The molecule has 3 heterocycles. The first-order valence-electron chi connectivity index (χ1n) is 7.55. The van der Waals surface area contributed by atoms with Crippen molar-refractivity contribution in [3.05, 3.63) is 18.6 Å². The Morgan fingerprint density at radius 1 is 1.14 bits per heavy atom. The number of pyridine rings is 1. The van der Waals surface area contributed by atoms with Gasteiger partial charge < -0.3 is 13.9 Å². The quantitative estimate of drug-likeness (QED) is 0.792. The van der Waals surface area contributed by atoms with Gasteiger partial charge in [0, 0.05) is 6.04 Å². The fourth-order valence-corrected chi connectivity index (χ4v) is 2.68. The van der Waals surface area contributed by atoms with E-state index in [1.807, 2.05) is 46.3 Å². The van der Waals surface area contributed by atoms with Crippen LogP contribution in [-0.4, -0.2) is 32.9 Å². The lowest BCUT2D eigenvalue weighted by molar-refractivity contribution is 0.00578. The van der Waals surface area contributed by atoms with Gasteiger partial charge in [0.15, 0.2) is 0 Å². The van der Waals surface area contributed by atoms with Crippen molar-refractivity contribution in [1.82, 2.24) is 14.5 Å². The number of hydrogen-bond acceptors (Lipinski definition) is 4. The molecule has 1 saturated heterocycles. The van der Waals surface area contributed by atoms with Gasteiger partial charge in [-0.05, 0) is 46.6 Å². The molecule has 0 N–H and O–H groups in total. The summed E-state index contributed by atoms with van der Waals surface area (Å²) in [5.41, 5.74) is 2.16. The number of hydrogen-bond donors (Lipinski definition) is 0. The molecule has 0 bridgehead atoms. The average molecular weight is 285 g/mol. The molecule has 0 spiro atoms. The molecular formula is C15H20BN3O2. The third kappa shape index (κ3) is 2.00. The van der Waals surface area contributed by atoms with E-state index in [-0.39, 0.29) is 11.2 Å². The predicted molar refractivity (Wildman–Crippen MR) is 81.5 cm³/mol. The molecule has 4 rings (SSSR count). The van der Waals surface area contributed by atoms with Crippen molar-refractivity contribution in [2.75, 3.05) is 0 Å². The molecule has 0 radical (unpaired) electrons. The number of aromatic nitrogens is 3. The van der Waals surface area contributed by atoms with Gasteiger partial charge in [-0.15, -0.1) is 0 Å². The zero-order valence-electron chi connectivity index (χ0n) is 13.0. The molecule has 0 unspecified atom stereocenters. The molecule has 1 saturated carbocycles.